The van der Waals surface area contributed by atoms with Crippen molar-refractivity contribution in [3.05, 3.63) is 0 Å². The lowest BCUT2D eigenvalue weighted by Crippen LogP contribution is -2.41. The van der Waals surface area contributed by atoms with Crippen molar-refractivity contribution in [1.82, 2.24) is 10.2 Å². The number of ether oxygens (including phenoxy) is 1. The number of hydrogen-bond acceptors (Lipinski definition) is 3. The number of rotatable bonds is 3. The van der Waals surface area contributed by atoms with Gasteiger partial charge in [-0.05, 0) is 39.5 Å². The van der Waals surface area contributed by atoms with E-state index in [-0.39, 0.29) is 5.91 Å². The Labute approximate surface area is 115 Å². The lowest BCUT2D eigenvalue weighted by atomic mass is 10.00. The molecule has 1 heterocycles. The Bertz CT molecular complexity index is 323. The van der Waals surface area contributed by atoms with Gasteiger partial charge in [0, 0.05) is 26.1 Å². The van der Waals surface area contributed by atoms with Crippen LogP contribution in [0.3, 0.4) is 0 Å². The molecule has 0 aromatic carbocycles. The van der Waals surface area contributed by atoms with Crippen LogP contribution in [0.15, 0.2) is 0 Å². The van der Waals surface area contributed by atoms with Crippen molar-refractivity contribution in [3.63, 3.8) is 0 Å². The third-order valence-corrected chi connectivity index (χ3v) is 3.02. The van der Waals surface area contributed by atoms with Crippen LogP contribution in [0.1, 0.15) is 47.0 Å². The van der Waals surface area contributed by atoms with Crippen LogP contribution in [-0.2, 0) is 9.53 Å². The summed E-state index contributed by atoms with van der Waals surface area (Å²) in [5.74, 6) is 0.694. The minimum absolute atomic E-state index is 0.114. The van der Waals surface area contributed by atoms with E-state index in [1.807, 2.05) is 25.7 Å². The van der Waals surface area contributed by atoms with Gasteiger partial charge in [0.15, 0.2) is 0 Å². The third-order valence-electron chi connectivity index (χ3n) is 3.02. The summed E-state index contributed by atoms with van der Waals surface area (Å²) in [6.45, 7) is 9.62. The molecule has 1 saturated heterocycles. The highest BCUT2D eigenvalue weighted by Gasteiger charge is 2.21. The van der Waals surface area contributed by atoms with Crippen LogP contribution >= 0.6 is 0 Å². The molecule has 1 atom stereocenters. The maximum Gasteiger partial charge on any atom is 0.407 e. The Morgan fingerprint density at radius 1 is 1.37 bits per heavy atom. The van der Waals surface area contributed by atoms with E-state index in [1.165, 1.54) is 6.42 Å². The van der Waals surface area contributed by atoms with Crippen molar-refractivity contribution >= 4 is 12.0 Å². The zero-order valence-electron chi connectivity index (χ0n) is 12.5. The second kappa shape index (κ2) is 6.78. The van der Waals surface area contributed by atoms with Crippen LogP contribution in [0.5, 0.6) is 0 Å². The summed E-state index contributed by atoms with van der Waals surface area (Å²) in [6, 6.07) is 0. The van der Waals surface area contributed by atoms with Gasteiger partial charge in [-0.3, -0.25) is 4.79 Å². The smallest absolute Gasteiger partial charge is 0.407 e. The van der Waals surface area contributed by atoms with Crippen LogP contribution < -0.4 is 5.32 Å². The van der Waals surface area contributed by atoms with E-state index in [9.17, 15) is 9.59 Å². The van der Waals surface area contributed by atoms with Crippen LogP contribution in [0, 0.1) is 5.92 Å². The van der Waals surface area contributed by atoms with Crippen molar-refractivity contribution in [3.8, 4) is 0 Å². The van der Waals surface area contributed by atoms with E-state index in [2.05, 4.69) is 12.2 Å². The highest BCUT2D eigenvalue weighted by molar-refractivity contribution is 5.77. The Morgan fingerprint density at radius 2 is 2.05 bits per heavy atom. The molecule has 0 spiro atoms. The largest absolute Gasteiger partial charge is 0.444 e. The average Bonchev–Trinajstić information content (AvgIpc) is 2.26. The number of nitrogens with zero attached hydrogens (tertiary/aromatic N) is 1. The molecule has 110 valence electrons. The SMILES string of the molecule is C[C@H]1CCCN(C(=O)CCNC(=O)OC(C)(C)C)C1. The van der Waals surface area contributed by atoms with Crippen LogP contribution in [-0.4, -0.2) is 42.1 Å². The van der Waals surface area contributed by atoms with Crippen LogP contribution in [0.25, 0.3) is 0 Å². The molecule has 1 rings (SSSR count). The molecule has 0 radical (unpaired) electrons. The van der Waals surface area contributed by atoms with E-state index in [0.717, 1.165) is 19.5 Å². The maximum absolute atomic E-state index is 11.9. The third kappa shape index (κ3) is 6.45. The number of alkyl carbamates (subject to hydrolysis) is 1. The number of hydrogen-bond donors (Lipinski definition) is 1. The molecule has 5 nitrogen and oxygen atoms in total. The van der Waals surface area contributed by atoms with Crippen LogP contribution in [0.2, 0.25) is 0 Å². The highest BCUT2D eigenvalue weighted by Crippen LogP contribution is 2.15. The van der Waals surface area contributed by atoms with Gasteiger partial charge in [-0.2, -0.15) is 0 Å². The fourth-order valence-electron chi connectivity index (χ4n) is 2.16. The summed E-state index contributed by atoms with van der Waals surface area (Å²) in [7, 11) is 0. The quantitative estimate of drug-likeness (QED) is 0.855. The molecule has 0 unspecified atom stereocenters. The van der Waals surface area contributed by atoms with Gasteiger partial charge >= 0.3 is 6.09 Å². The molecule has 2 amide bonds. The standard InChI is InChI=1S/C14H26N2O3/c1-11-6-5-9-16(10-11)12(17)7-8-15-13(18)19-14(2,3)4/h11H,5-10H2,1-4H3,(H,15,18)/t11-/m0/s1. The Hall–Kier alpha value is -1.26. The van der Waals surface area contributed by atoms with E-state index >= 15 is 0 Å². The van der Waals surface area contributed by atoms with E-state index in [1.54, 1.807) is 0 Å². The van der Waals surface area contributed by atoms with Crippen molar-refractivity contribution in [2.45, 2.75) is 52.6 Å². The molecule has 0 saturated carbocycles. The number of carbonyl (C=O) groups is 2. The van der Waals surface area contributed by atoms with Crippen molar-refractivity contribution in [1.29, 1.82) is 0 Å². The Kier molecular flexibility index (Phi) is 5.63. The van der Waals surface area contributed by atoms with Gasteiger partial charge in [-0.15, -0.1) is 0 Å². The first-order valence-electron chi connectivity index (χ1n) is 7.02. The predicted octanol–water partition coefficient (Wildman–Crippen LogP) is 2.16. The van der Waals surface area contributed by atoms with Gasteiger partial charge in [0.25, 0.3) is 0 Å². The fraction of sp³-hybridized carbons (Fsp3) is 0.857. The monoisotopic (exact) mass is 270 g/mol. The van der Waals surface area contributed by atoms with Gasteiger partial charge in [0.05, 0.1) is 0 Å². The average molecular weight is 270 g/mol. The number of piperidine rings is 1. The van der Waals surface area contributed by atoms with Crippen molar-refractivity contribution in [2.75, 3.05) is 19.6 Å². The van der Waals surface area contributed by atoms with Gasteiger partial charge in [0.2, 0.25) is 5.91 Å². The molecule has 0 aliphatic carbocycles. The molecule has 1 fully saturated rings. The lowest BCUT2D eigenvalue weighted by Gasteiger charge is -2.31. The fourth-order valence-corrected chi connectivity index (χ4v) is 2.16. The topological polar surface area (TPSA) is 58.6 Å². The van der Waals surface area contributed by atoms with Crippen LogP contribution in [0.4, 0.5) is 4.79 Å². The summed E-state index contributed by atoms with van der Waals surface area (Å²) >= 11 is 0. The van der Waals surface area contributed by atoms with Gasteiger partial charge in [0.1, 0.15) is 5.60 Å². The number of likely N-dealkylation sites (tertiary alicyclic amines) is 1. The molecule has 1 aliphatic heterocycles. The van der Waals surface area contributed by atoms with Gasteiger partial charge < -0.3 is 15.0 Å². The Morgan fingerprint density at radius 3 is 2.63 bits per heavy atom. The van der Waals surface area contributed by atoms with E-state index in [0.29, 0.717) is 18.9 Å². The lowest BCUT2D eigenvalue weighted by molar-refractivity contribution is -0.132. The number of amides is 2. The minimum Gasteiger partial charge on any atom is -0.444 e. The summed E-state index contributed by atoms with van der Waals surface area (Å²) in [5, 5.41) is 2.61. The highest BCUT2D eigenvalue weighted by atomic mass is 16.6. The van der Waals surface area contributed by atoms with Crippen molar-refractivity contribution in [2.24, 2.45) is 5.92 Å². The first kappa shape index (κ1) is 15.8. The molecule has 5 heteroatoms. The van der Waals surface area contributed by atoms with E-state index < -0.39 is 11.7 Å². The summed E-state index contributed by atoms with van der Waals surface area (Å²) in [4.78, 5) is 25.2. The first-order chi connectivity index (χ1) is 8.78. The van der Waals surface area contributed by atoms with E-state index in [4.69, 9.17) is 4.74 Å². The molecular weight excluding hydrogens is 244 g/mol. The number of carbonyl (C=O) groups excluding carboxylic acids is 2. The number of nitrogens with one attached hydrogen (secondary N) is 1. The zero-order valence-corrected chi connectivity index (χ0v) is 12.5. The second-order valence-corrected chi connectivity index (χ2v) is 6.27. The zero-order chi connectivity index (χ0) is 14.5. The maximum atomic E-state index is 11.9. The molecule has 0 aromatic rings. The predicted molar refractivity (Wildman–Crippen MR) is 73.8 cm³/mol. The minimum atomic E-state index is -0.504. The molecule has 1 N–H and O–H groups in total. The molecule has 0 bridgehead atoms. The summed E-state index contributed by atoms with van der Waals surface area (Å²) < 4.78 is 5.11. The first-order valence-corrected chi connectivity index (χ1v) is 7.02. The second-order valence-electron chi connectivity index (χ2n) is 6.27. The van der Waals surface area contributed by atoms with Gasteiger partial charge in [-0.25, -0.2) is 4.79 Å². The summed E-state index contributed by atoms with van der Waals surface area (Å²) in [5.41, 5.74) is -0.504. The molecular formula is C14H26N2O3. The molecule has 1 aliphatic rings. The molecule has 0 aromatic heterocycles. The Balaban J connectivity index is 2.21. The van der Waals surface area contributed by atoms with Crippen molar-refractivity contribution < 1.29 is 14.3 Å². The summed E-state index contributed by atoms with van der Waals surface area (Å²) in [6.07, 6.45) is 2.14. The van der Waals surface area contributed by atoms with Gasteiger partial charge in [-0.1, -0.05) is 6.92 Å². The molecule has 19 heavy (non-hydrogen) atoms. The normalized spacial score (nSPS) is 20.0.